The molecule has 0 spiro atoms. The van der Waals surface area contributed by atoms with Gasteiger partial charge in [-0.25, -0.2) is 4.99 Å². The van der Waals surface area contributed by atoms with E-state index in [1.807, 2.05) is 6.07 Å². The summed E-state index contributed by atoms with van der Waals surface area (Å²) in [5.74, 6) is 1.75. The van der Waals surface area contributed by atoms with Crippen molar-refractivity contribution in [3.63, 3.8) is 0 Å². The summed E-state index contributed by atoms with van der Waals surface area (Å²) >= 11 is 0. The number of halogens is 1. The zero-order valence-electron chi connectivity index (χ0n) is 12.3. The van der Waals surface area contributed by atoms with Crippen molar-refractivity contribution >= 4 is 29.9 Å². The van der Waals surface area contributed by atoms with E-state index in [4.69, 9.17) is 4.52 Å². The van der Waals surface area contributed by atoms with E-state index in [0.717, 1.165) is 24.1 Å². The highest BCUT2D eigenvalue weighted by Crippen LogP contribution is 2.23. The molecule has 0 bridgehead atoms. The molecule has 0 atom stereocenters. The molecule has 1 aromatic heterocycles. The van der Waals surface area contributed by atoms with E-state index >= 15 is 0 Å². The highest BCUT2D eigenvalue weighted by atomic mass is 127. The number of aliphatic imine (C=N–C) groups is 1. The standard InChI is InChI=1S/C14H24N4O.HI/c1-3-15-14(16-10-13-8-9-19-18-13)17-12-6-4-11(2)5-7-12;/h8-9,11-12H,3-7,10H2,1-2H3,(H2,15,16,17);1H. The van der Waals surface area contributed by atoms with Crippen LogP contribution in [0.25, 0.3) is 0 Å². The van der Waals surface area contributed by atoms with Crippen LogP contribution in [0.4, 0.5) is 0 Å². The van der Waals surface area contributed by atoms with E-state index < -0.39 is 0 Å². The van der Waals surface area contributed by atoms with Crippen molar-refractivity contribution < 1.29 is 4.52 Å². The molecule has 1 fully saturated rings. The number of nitrogens with one attached hydrogen (secondary N) is 2. The lowest BCUT2D eigenvalue weighted by molar-refractivity contribution is 0.329. The van der Waals surface area contributed by atoms with Gasteiger partial charge in [-0.15, -0.1) is 24.0 Å². The summed E-state index contributed by atoms with van der Waals surface area (Å²) in [6, 6.07) is 2.39. The van der Waals surface area contributed by atoms with Crippen LogP contribution in [0.2, 0.25) is 0 Å². The van der Waals surface area contributed by atoms with Crippen LogP contribution < -0.4 is 10.6 Å². The van der Waals surface area contributed by atoms with Gasteiger partial charge in [-0.3, -0.25) is 0 Å². The monoisotopic (exact) mass is 392 g/mol. The Kier molecular flexibility index (Phi) is 7.94. The largest absolute Gasteiger partial charge is 0.364 e. The second-order valence-electron chi connectivity index (χ2n) is 5.29. The summed E-state index contributed by atoms with van der Waals surface area (Å²) in [6.45, 7) is 5.83. The maximum absolute atomic E-state index is 4.81. The Hall–Kier alpha value is -0.790. The van der Waals surface area contributed by atoms with Crippen LogP contribution in [0, 0.1) is 5.92 Å². The molecule has 5 nitrogen and oxygen atoms in total. The van der Waals surface area contributed by atoms with Crippen molar-refractivity contribution in [2.45, 2.75) is 52.1 Å². The molecule has 0 aromatic carbocycles. The fourth-order valence-electron chi connectivity index (χ4n) is 2.40. The van der Waals surface area contributed by atoms with Gasteiger partial charge in [0.1, 0.15) is 12.0 Å². The summed E-state index contributed by atoms with van der Waals surface area (Å²) in [4.78, 5) is 4.54. The summed E-state index contributed by atoms with van der Waals surface area (Å²) in [5.41, 5.74) is 0.856. The number of aromatic nitrogens is 1. The molecule has 1 saturated carbocycles. The van der Waals surface area contributed by atoms with E-state index in [2.05, 4.69) is 34.6 Å². The molecule has 0 aliphatic heterocycles. The molecule has 2 N–H and O–H groups in total. The Labute approximate surface area is 138 Å². The Morgan fingerprint density at radius 2 is 2.15 bits per heavy atom. The number of nitrogens with zero attached hydrogens (tertiary/aromatic N) is 2. The normalized spacial score (nSPS) is 23.0. The van der Waals surface area contributed by atoms with Crippen molar-refractivity contribution in [3.8, 4) is 0 Å². The van der Waals surface area contributed by atoms with Gasteiger partial charge in [0.15, 0.2) is 5.96 Å². The quantitative estimate of drug-likeness (QED) is 0.470. The van der Waals surface area contributed by atoms with Crippen LogP contribution in [0.15, 0.2) is 21.8 Å². The highest BCUT2D eigenvalue weighted by Gasteiger charge is 2.18. The molecule has 0 radical (unpaired) electrons. The molecule has 114 valence electrons. The van der Waals surface area contributed by atoms with Gasteiger partial charge >= 0.3 is 0 Å². The predicted octanol–water partition coefficient (Wildman–Crippen LogP) is 2.93. The van der Waals surface area contributed by atoms with Crippen molar-refractivity contribution in [3.05, 3.63) is 18.0 Å². The van der Waals surface area contributed by atoms with Gasteiger partial charge in [0.2, 0.25) is 0 Å². The fourth-order valence-corrected chi connectivity index (χ4v) is 2.40. The Balaban J connectivity index is 0.00000200. The van der Waals surface area contributed by atoms with Crippen LogP contribution in [0.3, 0.4) is 0 Å². The first kappa shape index (κ1) is 17.3. The van der Waals surface area contributed by atoms with Crippen molar-refractivity contribution in [1.82, 2.24) is 15.8 Å². The van der Waals surface area contributed by atoms with E-state index in [0.29, 0.717) is 12.6 Å². The average Bonchev–Trinajstić information content (AvgIpc) is 2.92. The minimum absolute atomic E-state index is 0. The van der Waals surface area contributed by atoms with Crippen molar-refractivity contribution in [1.29, 1.82) is 0 Å². The van der Waals surface area contributed by atoms with Gasteiger partial charge in [-0.05, 0) is 38.5 Å². The van der Waals surface area contributed by atoms with Crippen molar-refractivity contribution in [2.75, 3.05) is 6.54 Å². The molecule has 1 aliphatic carbocycles. The van der Waals surface area contributed by atoms with E-state index in [1.54, 1.807) is 6.26 Å². The van der Waals surface area contributed by atoms with Crippen LogP contribution >= 0.6 is 24.0 Å². The zero-order valence-corrected chi connectivity index (χ0v) is 14.6. The molecule has 2 rings (SSSR count). The first-order valence-electron chi connectivity index (χ1n) is 7.22. The Morgan fingerprint density at radius 3 is 2.75 bits per heavy atom. The summed E-state index contributed by atoms with van der Waals surface area (Å²) < 4.78 is 4.81. The lowest BCUT2D eigenvalue weighted by atomic mass is 9.87. The predicted molar refractivity (Wildman–Crippen MR) is 91.3 cm³/mol. The van der Waals surface area contributed by atoms with E-state index in [9.17, 15) is 0 Å². The lowest BCUT2D eigenvalue weighted by Crippen LogP contribution is -2.44. The maximum atomic E-state index is 4.81. The second-order valence-corrected chi connectivity index (χ2v) is 5.29. The third kappa shape index (κ3) is 5.68. The summed E-state index contributed by atoms with van der Waals surface area (Å²) in [7, 11) is 0. The highest BCUT2D eigenvalue weighted by molar-refractivity contribution is 14.0. The van der Waals surface area contributed by atoms with E-state index in [-0.39, 0.29) is 24.0 Å². The Bertz CT molecular complexity index is 386. The van der Waals surface area contributed by atoms with E-state index in [1.165, 1.54) is 25.7 Å². The smallest absolute Gasteiger partial charge is 0.191 e. The average molecular weight is 392 g/mol. The third-order valence-corrected chi connectivity index (χ3v) is 3.59. The lowest BCUT2D eigenvalue weighted by Gasteiger charge is -2.28. The molecule has 1 heterocycles. The number of rotatable bonds is 4. The van der Waals surface area contributed by atoms with Crippen LogP contribution in [-0.2, 0) is 6.54 Å². The minimum Gasteiger partial charge on any atom is -0.364 e. The molecular weight excluding hydrogens is 367 g/mol. The van der Waals surface area contributed by atoms with Gasteiger partial charge in [0.05, 0.1) is 6.54 Å². The third-order valence-electron chi connectivity index (χ3n) is 3.59. The number of hydrogen-bond donors (Lipinski definition) is 2. The summed E-state index contributed by atoms with van der Waals surface area (Å²) in [6.07, 6.45) is 6.65. The van der Waals surface area contributed by atoms with Crippen LogP contribution in [0.5, 0.6) is 0 Å². The first-order valence-corrected chi connectivity index (χ1v) is 7.22. The van der Waals surface area contributed by atoms with Gasteiger partial charge in [0, 0.05) is 18.7 Å². The molecule has 0 saturated heterocycles. The van der Waals surface area contributed by atoms with Gasteiger partial charge in [0.25, 0.3) is 0 Å². The maximum Gasteiger partial charge on any atom is 0.191 e. The first-order chi connectivity index (χ1) is 9.28. The van der Waals surface area contributed by atoms with Gasteiger partial charge < -0.3 is 15.2 Å². The number of hydrogen-bond acceptors (Lipinski definition) is 3. The minimum atomic E-state index is 0. The number of guanidine groups is 1. The molecule has 1 aromatic rings. The van der Waals surface area contributed by atoms with Crippen LogP contribution in [0.1, 0.15) is 45.2 Å². The molecular formula is C14H25IN4O. The fraction of sp³-hybridized carbons (Fsp3) is 0.714. The SMILES string of the molecule is CCNC(=NCc1ccon1)NC1CCC(C)CC1.I. The summed E-state index contributed by atoms with van der Waals surface area (Å²) in [5, 5.41) is 10.7. The van der Waals surface area contributed by atoms with Crippen molar-refractivity contribution in [2.24, 2.45) is 10.9 Å². The second kappa shape index (κ2) is 9.20. The van der Waals surface area contributed by atoms with Gasteiger partial charge in [-0.2, -0.15) is 0 Å². The topological polar surface area (TPSA) is 62.5 Å². The Morgan fingerprint density at radius 1 is 1.40 bits per heavy atom. The van der Waals surface area contributed by atoms with Crippen LogP contribution in [-0.4, -0.2) is 23.7 Å². The molecule has 0 amide bonds. The zero-order chi connectivity index (χ0) is 13.5. The van der Waals surface area contributed by atoms with Gasteiger partial charge in [-0.1, -0.05) is 12.1 Å². The molecule has 1 aliphatic rings. The molecule has 6 heteroatoms. The molecule has 20 heavy (non-hydrogen) atoms. The molecule has 0 unspecified atom stereocenters.